The van der Waals surface area contributed by atoms with Crippen molar-refractivity contribution in [3.05, 3.63) is 17.5 Å². The van der Waals surface area contributed by atoms with Crippen LogP contribution >= 0.6 is 12.6 Å². The molecule has 1 saturated heterocycles. The van der Waals surface area contributed by atoms with Crippen molar-refractivity contribution >= 4 is 12.6 Å². The van der Waals surface area contributed by atoms with Gasteiger partial charge in [-0.05, 0) is 37.0 Å². The zero-order chi connectivity index (χ0) is 11.4. The van der Waals surface area contributed by atoms with Crippen LogP contribution in [-0.4, -0.2) is 28.7 Å². The van der Waals surface area contributed by atoms with Crippen molar-refractivity contribution < 1.29 is 4.74 Å². The Labute approximate surface area is 103 Å². The normalized spacial score (nSPS) is 17.9. The molecule has 90 valence electrons. The molecule has 0 N–H and O–H groups in total. The number of rotatable bonds is 4. The van der Waals surface area contributed by atoms with Crippen molar-refractivity contribution in [3.63, 3.8) is 0 Å². The van der Waals surface area contributed by atoms with Crippen LogP contribution in [0.4, 0.5) is 0 Å². The Hall–Kier alpha value is -0.480. The Kier molecular flexibility index (Phi) is 4.29. The summed E-state index contributed by atoms with van der Waals surface area (Å²) in [7, 11) is 2.01. The van der Waals surface area contributed by atoms with Crippen molar-refractivity contribution in [2.24, 2.45) is 7.05 Å². The van der Waals surface area contributed by atoms with E-state index < -0.39 is 0 Å². The average molecular weight is 240 g/mol. The molecule has 16 heavy (non-hydrogen) atoms. The second-order valence-corrected chi connectivity index (χ2v) is 4.87. The average Bonchev–Trinajstić information content (AvgIpc) is 2.69. The van der Waals surface area contributed by atoms with Crippen molar-refractivity contribution in [3.8, 4) is 0 Å². The molecule has 2 rings (SSSR count). The van der Waals surface area contributed by atoms with Gasteiger partial charge >= 0.3 is 0 Å². The van der Waals surface area contributed by atoms with Crippen LogP contribution < -0.4 is 0 Å². The lowest BCUT2D eigenvalue weighted by Gasteiger charge is -2.21. The van der Waals surface area contributed by atoms with Crippen LogP contribution in [0.2, 0.25) is 0 Å². The van der Waals surface area contributed by atoms with Gasteiger partial charge < -0.3 is 4.74 Å². The molecule has 1 fully saturated rings. The van der Waals surface area contributed by atoms with Gasteiger partial charge in [-0.15, -0.1) is 0 Å². The van der Waals surface area contributed by atoms with Crippen molar-refractivity contribution in [2.75, 3.05) is 19.0 Å². The highest BCUT2D eigenvalue weighted by Crippen LogP contribution is 2.28. The lowest BCUT2D eigenvalue weighted by atomic mass is 9.93. The quantitative estimate of drug-likeness (QED) is 0.817. The summed E-state index contributed by atoms with van der Waals surface area (Å²) in [6.07, 6.45) is 6.62. The SMILES string of the molecule is Cn1cc(CCCS)c(C2CCOCC2)n1. The van der Waals surface area contributed by atoms with E-state index in [-0.39, 0.29) is 0 Å². The predicted molar refractivity (Wildman–Crippen MR) is 68.2 cm³/mol. The molecule has 0 saturated carbocycles. The minimum Gasteiger partial charge on any atom is -0.381 e. The summed E-state index contributed by atoms with van der Waals surface area (Å²) < 4.78 is 7.35. The zero-order valence-electron chi connectivity index (χ0n) is 9.85. The van der Waals surface area contributed by atoms with Gasteiger partial charge in [0.2, 0.25) is 0 Å². The number of ether oxygens (including phenoxy) is 1. The van der Waals surface area contributed by atoms with E-state index in [4.69, 9.17) is 4.74 Å². The fraction of sp³-hybridized carbons (Fsp3) is 0.750. The summed E-state index contributed by atoms with van der Waals surface area (Å²) in [6, 6.07) is 0. The smallest absolute Gasteiger partial charge is 0.0689 e. The van der Waals surface area contributed by atoms with Crippen LogP contribution in [0, 0.1) is 0 Å². The monoisotopic (exact) mass is 240 g/mol. The fourth-order valence-electron chi connectivity index (χ4n) is 2.33. The third-order valence-corrected chi connectivity index (χ3v) is 3.47. The van der Waals surface area contributed by atoms with Gasteiger partial charge in [-0.25, -0.2) is 0 Å². The maximum Gasteiger partial charge on any atom is 0.0689 e. The van der Waals surface area contributed by atoms with Gasteiger partial charge in [0, 0.05) is 32.4 Å². The Bertz CT molecular complexity index is 332. The Balaban J connectivity index is 2.10. The number of aryl methyl sites for hydroxylation is 2. The van der Waals surface area contributed by atoms with Crippen LogP contribution in [0.25, 0.3) is 0 Å². The number of nitrogens with zero attached hydrogens (tertiary/aromatic N) is 2. The van der Waals surface area contributed by atoms with Crippen molar-refractivity contribution in [2.45, 2.75) is 31.6 Å². The van der Waals surface area contributed by atoms with Crippen LogP contribution in [-0.2, 0) is 18.2 Å². The Morgan fingerprint density at radius 3 is 2.94 bits per heavy atom. The molecular formula is C12H20N2OS. The molecule has 0 spiro atoms. The zero-order valence-corrected chi connectivity index (χ0v) is 10.7. The molecule has 0 aromatic carbocycles. The largest absolute Gasteiger partial charge is 0.381 e. The molecule has 2 heterocycles. The highest BCUT2D eigenvalue weighted by Gasteiger charge is 2.21. The molecule has 4 heteroatoms. The lowest BCUT2D eigenvalue weighted by molar-refractivity contribution is 0.0842. The summed E-state index contributed by atoms with van der Waals surface area (Å²) in [4.78, 5) is 0. The molecule has 3 nitrogen and oxygen atoms in total. The van der Waals surface area contributed by atoms with E-state index >= 15 is 0 Å². The molecule has 0 aliphatic carbocycles. The van der Waals surface area contributed by atoms with E-state index in [0.29, 0.717) is 5.92 Å². The molecule has 0 unspecified atom stereocenters. The molecular weight excluding hydrogens is 220 g/mol. The molecule has 0 bridgehead atoms. The van der Waals surface area contributed by atoms with Crippen LogP contribution in [0.1, 0.15) is 36.4 Å². The van der Waals surface area contributed by atoms with E-state index in [2.05, 4.69) is 23.9 Å². The molecule has 0 atom stereocenters. The summed E-state index contributed by atoms with van der Waals surface area (Å²) in [5.74, 6) is 1.55. The van der Waals surface area contributed by atoms with Gasteiger partial charge in [0.1, 0.15) is 0 Å². The van der Waals surface area contributed by atoms with Gasteiger partial charge in [0.15, 0.2) is 0 Å². The topological polar surface area (TPSA) is 27.1 Å². The highest BCUT2D eigenvalue weighted by molar-refractivity contribution is 7.80. The number of thiol groups is 1. The first-order chi connectivity index (χ1) is 7.81. The number of hydrogen-bond donors (Lipinski definition) is 1. The summed E-state index contributed by atoms with van der Waals surface area (Å²) in [5, 5.41) is 4.62. The second kappa shape index (κ2) is 5.73. The molecule has 0 amide bonds. The van der Waals surface area contributed by atoms with Gasteiger partial charge in [-0.3, -0.25) is 4.68 Å². The summed E-state index contributed by atoms with van der Waals surface area (Å²) in [5.41, 5.74) is 2.70. The van der Waals surface area contributed by atoms with Crippen LogP contribution in [0.3, 0.4) is 0 Å². The maximum absolute atomic E-state index is 5.40. The summed E-state index contributed by atoms with van der Waals surface area (Å²) in [6.45, 7) is 1.76. The third-order valence-electron chi connectivity index (χ3n) is 3.15. The molecule has 1 aliphatic rings. The molecule has 1 aliphatic heterocycles. The molecule has 1 aromatic rings. The second-order valence-electron chi connectivity index (χ2n) is 4.43. The first kappa shape index (κ1) is 12.0. The van der Waals surface area contributed by atoms with Gasteiger partial charge in [-0.2, -0.15) is 17.7 Å². The van der Waals surface area contributed by atoms with Crippen molar-refractivity contribution in [1.29, 1.82) is 0 Å². The van der Waals surface area contributed by atoms with Crippen molar-refractivity contribution in [1.82, 2.24) is 9.78 Å². The molecule has 0 radical (unpaired) electrons. The first-order valence-electron chi connectivity index (χ1n) is 6.02. The van der Waals surface area contributed by atoms with Gasteiger partial charge in [-0.1, -0.05) is 0 Å². The van der Waals surface area contributed by atoms with Gasteiger partial charge in [0.25, 0.3) is 0 Å². The predicted octanol–water partition coefficient (Wildman–Crippen LogP) is 2.18. The Morgan fingerprint density at radius 2 is 2.25 bits per heavy atom. The van der Waals surface area contributed by atoms with E-state index in [1.165, 1.54) is 11.3 Å². The number of hydrogen-bond acceptors (Lipinski definition) is 3. The maximum atomic E-state index is 5.40. The third kappa shape index (κ3) is 2.80. The van der Waals surface area contributed by atoms with E-state index in [1.807, 2.05) is 11.7 Å². The lowest BCUT2D eigenvalue weighted by Crippen LogP contribution is -2.15. The standard InChI is InChI=1S/C12H20N2OS/c1-14-9-11(3-2-8-16)12(13-14)10-4-6-15-7-5-10/h9-10,16H,2-8H2,1H3. The Morgan fingerprint density at radius 1 is 1.50 bits per heavy atom. The van der Waals surface area contributed by atoms with Gasteiger partial charge in [0.05, 0.1) is 5.69 Å². The minimum absolute atomic E-state index is 0.602. The van der Waals surface area contributed by atoms with E-state index in [0.717, 1.165) is 44.6 Å². The highest BCUT2D eigenvalue weighted by atomic mass is 32.1. The van der Waals surface area contributed by atoms with E-state index in [9.17, 15) is 0 Å². The first-order valence-corrected chi connectivity index (χ1v) is 6.65. The molecule has 1 aromatic heterocycles. The van der Waals surface area contributed by atoms with E-state index in [1.54, 1.807) is 0 Å². The number of aromatic nitrogens is 2. The van der Waals surface area contributed by atoms with Crippen LogP contribution in [0.15, 0.2) is 6.20 Å². The fourth-order valence-corrected chi connectivity index (χ4v) is 2.49. The summed E-state index contributed by atoms with van der Waals surface area (Å²) >= 11 is 4.27. The van der Waals surface area contributed by atoms with Crippen LogP contribution in [0.5, 0.6) is 0 Å². The minimum atomic E-state index is 0.602.